The number of rotatable bonds is 6. The molecule has 0 spiro atoms. The summed E-state index contributed by atoms with van der Waals surface area (Å²) in [6.45, 7) is 3.78. The van der Waals surface area contributed by atoms with Gasteiger partial charge in [-0.15, -0.1) is 0 Å². The Hall–Kier alpha value is -0.660. The molecule has 1 radical (unpaired) electrons. The number of hydrogen-bond acceptors (Lipinski definition) is 2. The monoisotopic (exact) mass is 155 g/mol. The van der Waals surface area contributed by atoms with E-state index in [-0.39, 0.29) is 11.6 Å². The summed E-state index contributed by atoms with van der Waals surface area (Å²) < 4.78 is 0. The minimum atomic E-state index is -0.0638. The van der Waals surface area contributed by atoms with E-state index in [1.54, 1.807) is 6.92 Å². The zero-order valence-electron chi connectivity index (χ0n) is 7.22. The lowest BCUT2D eigenvalue weighted by atomic mass is 10.1. The Morgan fingerprint density at radius 3 is 2.27 bits per heavy atom. The lowest BCUT2D eigenvalue weighted by Crippen LogP contribution is -2.07. The molecule has 0 rings (SSSR count). The van der Waals surface area contributed by atoms with Gasteiger partial charge in [-0.05, 0) is 6.42 Å². The van der Waals surface area contributed by atoms with Crippen LogP contribution < -0.4 is 0 Å². The van der Waals surface area contributed by atoms with Gasteiger partial charge in [0.25, 0.3) is 0 Å². The van der Waals surface area contributed by atoms with Crippen LogP contribution >= 0.6 is 0 Å². The molecular weight excluding hydrogens is 140 g/mol. The fourth-order valence-corrected chi connectivity index (χ4v) is 0.705. The highest BCUT2D eigenvalue weighted by molar-refractivity contribution is 6.10. The minimum absolute atomic E-state index is 0.0290. The van der Waals surface area contributed by atoms with Crippen molar-refractivity contribution in [1.29, 1.82) is 0 Å². The van der Waals surface area contributed by atoms with E-state index in [2.05, 4.69) is 0 Å². The first-order valence-corrected chi connectivity index (χ1v) is 4.11. The average Bonchev–Trinajstić information content (AvgIpc) is 2.00. The van der Waals surface area contributed by atoms with Crippen molar-refractivity contribution in [2.45, 2.75) is 39.5 Å². The third-order valence-corrected chi connectivity index (χ3v) is 1.45. The molecule has 0 heterocycles. The summed E-state index contributed by atoms with van der Waals surface area (Å²) in [6, 6.07) is 0. The van der Waals surface area contributed by atoms with E-state index in [0.717, 1.165) is 12.8 Å². The third-order valence-electron chi connectivity index (χ3n) is 1.45. The Balaban J connectivity index is 3.44. The predicted octanol–water partition coefficient (Wildman–Crippen LogP) is 1.93. The first kappa shape index (κ1) is 10.3. The molecule has 0 saturated carbocycles. The van der Waals surface area contributed by atoms with E-state index in [1.165, 1.54) is 6.42 Å². The van der Waals surface area contributed by atoms with Crippen LogP contribution in [0.2, 0.25) is 0 Å². The quantitative estimate of drug-likeness (QED) is 0.549. The van der Waals surface area contributed by atoms with Gasteiger partial charge in [-0.3, -0.25) is 9.59 Å². The molecule has 0 aliphatic rings. The molecule has 0 N–H and O–H groups in total. The molecule has 0 saturated heterocycles. The van der Waals surface area contributed by atoms with Crippen LogP contribution in [0.5, 0.6) is 0 Å². The zero-order chi connectivity index (χ0) is 8.69. The normalized spacial score (nSPS) is 9.64. The van der Waals surface area contributed by atoms with Crippen LogP contribution in [0.3, 0.4) is 0 Å². The Morgan fingerprint density at radius 1 is 1.18 bits per heavy atom. The van der Waals surface area contributed by atoms with Gasteiger partial charge in [0.1, 0.15) is 11.6 Å². The number of ketones is 2. The van der Waals surface area contributed by atoms with Crippen molar-refractivity contribution in [3.8, 4) is 0 Å². The van der Waals surface area contributed by atoms with Crippen LogP contribution in [0, 0.1) is 6.42 Å². The maximum atomic E-state index is 10.9. The number of carbonyl (C=O) groups is 2. The van der Waals surface area contributed by atoms with Crippen LogP contribution in [-0.2, 0) is 9.59 Å². The van der Waals surface area contributed by atoms with E-state index in [1.807, 2.05) is 6.92 Å². The molecule has 11 heavy (non-hydrogen) atoms. The van der Waals surface area contributed by atoms with Crippen molar-refractivity contribution in [2.75, 3.05) is 0 Å². The molecule has 0 aromatic heterocycles. The van der Waals surface area contributed by atoms with Crippen LogP contribution in [0.1, 0.15) is 39.5 Å². The molecule has 0 aromatic rings. The first-order valence-electron chi connectivity index (χ1n) is 4.11. The summed E-state index contributed by atoms with van der Waals surface area (Å²) >= 11 is 0. The van der Waals surface area contributed by atoms with Crippen molar-refractivity contribution in [3.63, 3.8) is 0 Å². The van der Waals surface area contributed by atoms with Gasteiger partial charge in [-0.1, -0.05) is 20.3 Å². The molecule has 0 atom stereocenters. The molecule has 2 nitrogen and oxygen atoms in total. The van der Waals surface area contributed by atoms with Crippen LogP contribution in [0.4, 0.5) is 0 Å². The van der Waals surface area contributed by atoms with Gasteiger partial charge in [0.2, 0.25) is 0 Å². The summed E-state index contributed by atoms with van der Waals surface area (Å²) in [5, 5.41) is 0. The van der Waals surface area contributed by atoms with Gasteiger partial charge in [0, 0.05) is 12.8 Å². The fraction of sp³-hybridized carbons (Fsp3) is 0.667. The van der Waals surface area contributed by atoms with Crippen LogP contribution in [0.25, 0.3) is 0 Å². The molecule has 0 unspecified atom stereocenters. The zero-order valence-corrected chi connectivity index (χ0v) is 7.22. The summed E-state index contributed by atoms with van der Waals surface area (Å²) in [6.07, 6.45) is 4.04. The Kier molecular flexibility index (Phi) is 5.71. The van der Waals surface area contributed by atoms with Gasteiger partial charge in [-0.2, -0.15) is 0 Å². The van der Waals surface area contributed by atoms with Crippen LogP contribution in [0.15, 0.2) is 0 Å². The largest absolute Gasteiger partial charge is 0.299 e. The Morgan fingerprint density at radius 2 is 1.82 bits per heavy atom. The average molecular weight is 155 g/mol. The highest BCUT2D eigenvalue weighted by atomic mass is 16.1. The number of hydrogen-bond donors (Lipinski definition) is 0. The summed E-state index contributed by atoms with van der Waals surface area (Å²) in [5.41, 5.74) is 0. The van der Waals surface area contributed by atoms with Crippen molar-refractivity contribution in [2.24, 2.45) is 0 Å². The fourth-order valence-electron chi connectivity index (χ4n) is 0.705. The smallest absolute Gasteiger partial charge is 0.144 e. The van der Waals surface area contributed by atoms with Crippen molar-refractivity contribution >= 4 is 11.6 Å². The first-order chi connectivity index (χ1) is 5.20. The topological polar surface area (TPSA) is 34.1 Å². The second-order valence-electron chi connectivity index (χ2n) is 2.53. The van der Waals surface area contributed by atoms with Crippen molar-refractivity contribution in [1.82, 2.24) is 0 Å². The van der Waals surface area contributed by atoms with E-state index >= 15 is 0 Å². The lowest BCUT2D eigenvalue weighted by Gasteiger charge is -1.95. The molecule has 2 heteroatoms. The van der Waals surface area contributed by atoms with Gasteiger partial charge in [0.15, 0.2) is 0 Å². The highest BCUT2D eigenvalue weighted by Gasteiger charge is 2.06. The molecule has 0 aliphatic carbocycles. The molecule has 63 valence electrons. The standard InChI is InChI=1S/C9H15O2/c1-3-5-6-9(11)7-8(10)4-2/h7H,3-6H2,1-2H3. The second-order valence-corrected chi connectivity index (χ2v) is 2.53. The highest BCUT2D eigenvalue weighted by Crippen LogP contribution is 1.99. The Bertz CT molecular complexity index is 138. The van der Waals surface area contributed by atoms with E-state index in [9.17, 15) is 9.59 Å². The van der Waals surface area contributed by atoms with Gasteiger partial charge >= 0.3 is 0 Å². The lowest BCUT2D eigenvalue weighted by molar-refractivity contribution is -0.121. The number of unbranched alkanes of at least 4 members (excludes halogenated alkanes) is 1. The third kappa shape index (κ3) is 5.77. The van der Waals surface area contributed by atoms with E-state index in [4.69, 9.17) is 0 Å². The SMILES string of the molecule is CCCCC(=O)[CH]C(=O)CC. The van der Waals surface area contributed by atoms with E-state index in [0.29, 0.717) is 12.8 Å². The molecule has 0 amide bonds. The summed E-state index contributed by atoms with van der Waals surface area (Å²) in [7, 11) is 0. The van der Waals surface area contributed by atoms with Crippen LogP contribution in [-0.4, -0.2) is 11.6 Å². The van der Waals surface area contributed by atoms with Gasteiger partial charge in [0.05, 0.1) is 6.42 Å². The number of Topliss-reactive ketones (excluding diaryl/α,β-unsaturated/α-hetero) is 2. The molecule has 0 fully saturated rings. The van der Waals surface area contributed by atoms with Gasteiger partial charge < -0.3 is 0 Å². The molecular formula is C9H15O2. The molecule has 0 aliphatic heterocycles. The Labute approximate surface area is 68.0 Å². The van der Waals surface area contributed by atoms with Crippen molar-refractivity contribution < 1.29 is 9.59 Å². The number of carbonyl (C=O) groups excluding carboxylic acids is 2. The van der Waals surface area contributed by atoms with E-state index < -0.39 is 0 Å². The molecule has 0 aromatic carbocycles. The predicted molar refractivity (Wildman–Crippen MR) is 44.1 cm³/mol. The maximum absolute atomic E-state index is 10.9. The summed E-state index contributed by atoms with van der Waals surface area (Å²) in [5.74, 6) is -0.0928. The second kappa shape index (κ2) is 6.08. The van der Waals surface area contributed by atoms with Crippen molar-refractivity contribution in [3.05, 3.63) is 6.42 Å². The summed E-state index contributed by atoms with van der Waals surface area (Å²) in [4.78, 5) is 21.6. The maximum Gasteiger partial charge on any atom is 0.144 e. The minimum Gasteiger partial charge on any atom is -0.299 e. The molecule has 0 bridgehead atoms. The van der Waals surface area contributed by atoms with Gasteiger partial charge in [-0.25, -0.2) is 0 Å².